The van der Waals surface area contributed by atoms with Crippen LogP contribution in [0.1, 0.15) is 5.56 Å². The third-order valence-corrected chi connectivity index (χ3v) is 4.55. The van der Waals surface area contributed by atoms with Crippen LogP contribution in [0.2, 0.25) is 0 Å². The van der Waals surface area contributed by atoms with Crippen molar-refractivity contribution < 1.29 is 18.7 Å². The molecule has 0 fully saturated rings. The Kier molecular flexibility index (Phi) is 6.14. The number of rotatable bonds is 7. The van der Waals surface area contributed by atoms with Crippen LogP contribution in [-0.2, 0) is 14.3 Å². The quantitative estimate of drug-likeness (QED) is 0.278. The van der Waals surface area contributed by atoms with Crippen molar-refractivity contribution in [3.05, 3.63) is 78.5 Å². The van der Waals surface area contributed by atoms with Crippen molar-refractivity contribution >= 4 is 28.9 Å². The number of carbonyl (C=O) groups is 2. The lowest BCUT2D eigenvalue weighted by molar-refractivity contribution is -0.143. The van der Waals surface area contributed by atoms with E-state index in [4.69, 9.17) is 15.6 Å². The van der Waals surface area contributed by atoms with Gasteiger partial charge in [0.05, 0.1) is 12.2 Å². The van der Waals surface area contributed by atoms with Gasteiger partial charge in [0.2, 0.25) is 0 Å². The van der Waals surface area contributed by atoms with E-state index in [0.29, 0.717) is 17.0 Å². The number of fused-ring (bicyclic) bond motifs is 1. The van der Waals surface area contributed by atoms with Gasteiger partial charge in [-0.25, -0.2) is 9.48 Å². The van der Waals surface area contributed by atoms with E-state index >= 15 is 0 Å². The lowest BCUT2D eigenvalue weighted by atomic mass is 10.2. The van der Waals surface area contributed by atoms with Gasteiger partial charge in [-0.05, 0) is 30.3 Å². The fraction of sp³-hybridized carbons (Fsp3) is 0.0800. The Hall–Kier alpha value is -4.57. The number of hydrogen-bond donors (Lipinski definition) is 1. The molecule has 0 aliphatic carbocycles. The maximum absolute atomic E-state index is 12.1. The van der Waals surface area contributed by atoms with E-state index in [2.05, 4.69) is 16.3 Å². The number of nitrogens with one attached hydrogen (secondary N) is 1. The molecule has 2 aromatic heterocycles. The van der Waals surface area contributed by atoms with Crippen LogP contribution >= 0.6 is 0 Å². The normalized spacial score (nSPS) is 10.8. The third-order valence-electron chi connectivity index (χ3n) is 4.55. The smallest absolute Gasteiger partial charge is 0.331 e. The van der Waals surface area contributed by atoms with Gasteiger partial charge in [-0.2, -0.15) is 5.10 Å². The average Bonchev–Trinajstić information content (AvgIpc) is 3.44. The second-order valence-corrected chi connectivity index (χ2v) is 6.78. The van der Waals surface area contributed by atoms with Crippen LogP contribution in [-0.4, -0.2) is 34.8 Å². The lowest BCUT2D eigenvalue weighted by Gasteiger charge is -2.01. The molecule has 0 aliphatic rings. The Balaban J connectivity index is 1.61. The maximum atomic E-state index is 12.1. The molecule has 158 valence electrons. The summed E-state index contributed by atoms with van der Waals surface area (Å²) < 4.78 is 12.6. The summed E-state index contributed by atoms with van der Waals surface area (Å²) in [5, 5.41) is 8.04. The van der Waals surface area contributed by atoms with Crippen LogP contribution in [0.25, 0.3) is 34.2 Å². The Morgan fingerprint density at radius 2 is 1.94 bits per heavy atom. The summed E-state index contributed by atoms with van der Waals surface area (Å²) in [5.41, 5.74) is 2.82. The molecule has 0 spiro atoms. The number of aromatic nitrogens is 2. The van der Waals surface area contributed by atoms with Crippen LogP contribution < -0.4 is 5.32 Å². The van der Waals surface area contributed by atoms with Gasteiger partial charge in [0.25, 0.3) is 5.91 Å². The molecule has 0 aliphatic heterocycles. The van der Waals surface area contributed by atoms with Gasteiger partial charge in [0.1, 0.15) is 11.3 Å². The zero-order valence-electron chi connectivity index (χ0n) is 17.0. The molecular weight excluding hydrogens is 406 g/mol. The van der Waals surface area contributed by atoms with Crippen LogP contribution in [0.5, 0.6) is 0 Å². The van der Waals surface area contributed by atoms with E-state index < -0.39 is 18.5 Å². The number of carbonyl (C=O) groups excluding carboxylic acids is 2. The van der Waals surface area contributed by atoms with Crippen molar-refractivity contribution in [1.29, 1.82) is 0 Å². The molecule has 7 nitrogen and oxygen atoms in total. The van der Waals surface area contributed by atoms with Crippen molar-refractivity contribution in [1.82, 2.24) is 15.1 Å². The molecule has 0 atom stereocenters. The molecule has 4 aromatic rings. The molecule has 1 amide bonds. The number of amides is 1. The third kappa shape index (κ3) is 4.77. The molecule has 0 saturated heterocycles. The number of furan rings is 1. The van der Waals surface area contributed by atoms with E-state index in [1.54, 1.807) is 17.0 Å². The minimum atomic E-state index is -0.663. The molecular formula is C25H19N3O4. The Labute approximate surface area is 184 Å². The summed E-state index contributed by atoms with van der Waals surface area (Å²) in [6.45, 7) is -0.337. The highest BCUT2D eigenvalue weighted by Crippen LogP contribution is 2.30. The first kappa shape index (κ1) is 20.7. The van der Waals surface area contributed by atoms with Crippen molar-refractivity contribution in [3.8, 4) is 29.5 Å². The van der Waals surface area contributed by atoms with Crippen LogP contribution in [0.3, 0.4) is 0 Å². The molecule has 0 saturated carbocycles. The van der Waals surface area contributed by atoms with Gasteiger partial charge < -0.3 is 14.5 Å². The van der Waals surface area contributed by atoms with E-state index in [-0.39, 0.29) is 6.54 Å². The summed E-state index contributed by atoms with van der Waals surface area (Å²) >= 11 is 0. The van der Waals surface area contributed by atoms with Crippen molar-refractivity contribution in [2.45, 2.75) is 0 Å². The number of hydrogen-bond acceptors (Lipinski definition) is 5. The van der Waals surface area contributed by atoms with Crippen LogP contribution in [0.4, 0.5) is 0 Å². The number of para-hydroxylation sites is 2. The van der Waals surface area contributed by atoms with Crippen molar-refractivity contribution in [3.63, 3.8) is 0 Å². The summed E-state index contributed by atoms with van der Waals surface area (Å²) in [7, 11) is 0. The van der Waals surface area contributed by atoms with Crippen LogP contribution in [0.15, 0.2) is 77.4 Å². The molecule has 2 heterocycles. The minimum absolute atomic E-state index is 0.0752. The van der Waals surface area contributed by atoms with Crippen LogP contribution in [0, 0.1) is 12.3 Å². The first-order valence-electron chi connectivity index (χ1n) is 9.83. The molecule has 1 N–H and O–H groups in total. The summed E-state index contributed by atoms with van der Waals surface area (Å²) in [4.78, 5) is 23.6. The zero-order valence-corrected chi connectivity index (χ0v) is 17.0. The van der Waals surface area contributed by atoms with Gasteiger partial charge in [-0.1, -0.05) is 42.3 Å². The summed E-state index contributed by atoms with van der Waals surface area (Å²) in [6.07, 6.45) is 9.69. The van der Waals surface area contributed by atoms with Gasteiger partial charge >= 0.3 is 5.97 Å². The van der Waals surface area contributed by atoms with Gasteiger partial charge in [0, 0.05) is 23.2 Å². The second kappa shape index (κ2) is 9.49. The predicted octanol–water partition coefficient (Wildman–Crippen LogP) is 3.59. The Bertz CT molecular complexity index is 1290. The largest absolute Gasteiger partial charge is 0.454 e. The molecule has 0 unspecified atom stereocenters. The predicted molar refractivity (Wildman–Crippen MR) is 121 cm³/mol. The molecule has 4 rings (SSSR count). The molecule has 2 aromatic carbocycles. The maximum Gasteiger partial charge on any atom is 0.331 e. The monoisotopic (exact) mass is 425 g/mol. The van der Waals surface area contributed by atoms with Crippen molar-refractivity contribution in [2.24, 2.45) is 0 Å². The van der Waals surface area contributed by atoms with E-state index in [0.717, 1.165) is 16.7 Å². The number of nitrogens with zero attached hydrogens (tertiary/aromatic N) is 2. The minimum Gasteiger partial charge on any atom is -0.454 e. The highest BCUT2D eigenvalue weighted by molar-refractivity contribution is 5.91. The van der Waals surface area contributed by atoms with Gasteiger partial charge in [-0.15, -0.1) is 6.42 Å². The summed E-state index contributed by atoms with van der Waals surface area (Å²) in [5.74, 6) is 1.72. The lowest BCUT2D eigenvalue weighted by Crippen LogP contribution is -2.28. The number of terminal acetylenes is 1. The molecule has 0 bridgehead atoms. The highest BCUT2D eigenvalue weighted by atomic mass is 16.5. The Morgan fingerprint density at radius 1 is 1.16 bits per heavy atom. The number of ether oxygens (including phenoxy) is 1. The van der Waals surface area contributed by atoms with E-state index in [9.17, 15) is 9.59 Å². The zero-order chi connectivity index (χ0) is 22.3. The Morgan fingerprint density at radius 3 is 2.72 bits per heavy atom. The molecule has 7 heteroatoms. The summed E-state index contributed by atoms with van der Waals surface area (Å²) in [6, 6.07) is 19.2. The van der Waals surface area contributed by atoms with Crippen molar-refractivity contribution in [2.75, 3.05) is 13.2 Å². The highest BCUT2D eigenvalue weighted by Gasteiger charge is 2.15. The SMILES string of the molecule is C#CCNC(=O)COC(=O)/C=C/c1cn(-c2ccccc2)nc1-c1cc2ccccc2o1. The fourth-order valence-electron chi connectivity index (χ4n) is 3.06. The first-order chi connectivity index (χ1) is 15.6. The number of benzene rings is 2. The molecule has 0 radical (unpaired) electrons. The average molecular weight is 425 g/mol. The fourth-order valence-corrected chi connectivity index (χ4v) is 3.06. The standard InChI is InChI=1S/C25H19N3O4/c1-2-14-26-23(29)17-31-24(30)13-12-19-16-28(20-9-4-3-5-10-20)27-25(19)22-15-18-8-6-7-11-21(18)32-22/h1,3-13,15-16H,14,17H2,(H,26,29)/b13-12+. The second-order valence-electron chi connectivity index (χ2n) is 6.78. The van der Waals surface area contributed by atoms with Gasteiger partial charge in [-0.3, -0.25) is 4.79 Å². The van der Waals surface area contributed by atoms with E-state index in [1.165, 1.54) is 6.08 Å². The first-order valence-corrected chi connectivity index (χ1v) is 9.83. The molecule has 32 heavy (non-hydrogen) atoms. The van der Waals surface area contributed by atoms with E-state index in [1.807, 2.05) is 60.7 Å². The number of esters is 1. The van der Waals surface area contributed by atoms with Gasteiger partial charge in [0.15, 0.2) is 12.4 Å². The topological polar surface area (TPSA) is 86.4 Å².